The Hall–Kier alpha value is -7.89. The number of nitrogens with zero attached hydrogens (tertiary/aromatic N) is 3. The first-order valence-electron chi connectivity index (χ1n) is 27.8. The molecular weight excluding hydrogens is 1080 g/mol. The number of likely N-dealkylation sites (tertiary alicyclic amines) is 1. The van der Waals surface area contributed by atoms with E-state index in [1.807, 2.05) is 0 Å². The van der Waals surface area contributed by atoms with Crippen LogP contribution in [0, 0.1) is 42.3 Å². The number of carboxylic acids is 1. The Morgan fingerprint density at radius 2 is 1.55 bits per heavy atom. The highest BCUT2D eigenvalue weighted by molar-refractivity contribution is 6.32. The average molecular weight is 1150 g/mol. The van der Waals surface area contributed by atoms with Crippen molar-refractivity contribution in [2.45, 2.75) is 123 Å². The topological polar surface area (TPSA) is 299 Å². The van der Waals surface area contributed by atoms with Crippen LogP contribution in [0.5, 0.6) is 17.2 Å². The second kappa shape index (κ2) is 23.0. The molecule has 1 saturated carbocycles. The van der Waals surface area contributed by atoms with Crippen molar-refractivity contribution in [3.05, 3.63) is 104 Å². The number of rotatable bonds is 9. The number of hydrogen-bond donors (Lipinski definition) is 6. The summed E-state index contributed by atoms with van der Waals surface area (Å²) < 4.78 is 47.1. The predicted octanol–water partition coefficient (Wildman–Crippen LogP) is 5.17. The minimum absolute atomic E-state index is 0.000893. The summed E-state index contributed by atoms with van der Waals surface area (Å²) in [6, 6.07) is 0.475. The van der Waals surface area contributed by atoms with Crippen molar-refractivity contribution < 1.29 is 82.1 Å². The number of hydrogen-bond acceptors (Lipinski definition) is 18. The highest BCUT2D eigenvalue weighted by atomic mass is 19.1. The number of pyridine rings is 1. The Morgan fingerprint density at radius 3 is 2.17 bits per heavy atom. The number of carbonyl (C=O) groups excluding carboxylic acids is 6. The average Bonchev–Trinajstić information content (AvgIpc) is 3.92. The molecule has 6 N–H and O–H groups in total. The lowest BCUT2D eigenvalue weighted by Crippen LogP contribution is -2.61. The van der Waals surface area contributed by atoms with Crippen molar-refractivity contribution in [2.75, 3.05) is 45.3 Å². The third-order valence-electron chi connectivity index (χ3n) is 17.2. The van der Waals surface area contributed by atoms with Crippen LogP contribution >= 0.6 is 0 Å². The van der Waals surface area contributed by atoms with Crippen molar-refractivity contribution in [3.63, 3.8) is 0 Å². The van der Waals surface area contributed by atoms with Crippen molar-refractivity contribution >= 4 is 57.7 Å². The number of allylic oxidation sites excluding steroid dienone is 4. The first-order valence-corrected chi connectivity index (χ1v) is 27.8. The normalized spacial score (nSPS) is 28.9. The summed E-state index contributed by atoms with van der Waals surface area (Å²) in [6.07, 6.45) is 6.00. The number of carbonyl (C=O) groups is 7. The number of ether oxygens (including phenoxy) is 5. The maximum absolute atomic E-state index is 16.0. The predicted molar refractivity (Wildman–Crippen MR) is 297 cm³/mol. The van der Waals surface area contributed by atoms with Gasteiger partial charge in [0.15, 0.2) is 11.6 Å². The number of nitrogens with one attached hydrogen (secondary N) is 2. The first-order chi connectivity index (χ1) is 39.2. The SMILES string of the molecule is COc1c(N2CC(NC(=O)C3CCN(C4=C5NC(=O)/C(C)=C\C=C\[C@H](C)[C@H](O)[C@@H](C)[C@@H](O)[C@@H](C)[C@H](OC(C)=O)[C@H](C)[C@@H](OC)/C=C/O[C@@]6(C)Oc7c(C)c(O)c(c(c7C6=O)C4=O)C5=O)CC3)C2)c(F)cc2c(=O)c(C(=O)O)cn(C3CC3)c12. The molecule has 22 nitrogen and oxygen atoms in total. The molecule has 2 aromatic carbocycles. The highest BCUT2D eigenvalue weighted by Crippen LogP contribution is 2.50. The Bertz CT molecular complexity index is 3420. The number of ketones is 3. The van der Waals surface area contributed by atoms with E-state index in [9.17, 15) is 54.0 Å². The van der Waals surface area contributed by atoms with Gasteiger partial charge in [0.05, 0.1) is 65.3 Å². The molecule has 0 radical (unpaired) electrons. The van der Waals surface area contributed by atoms with Gasteiger partial charge >= 0.3 is 17.7 Å². The van der Waals surface area contributed by atoms with Crippen LogP contribution in [0.4, 0.5) is 10.1 Å². The molecule has 2 amide bonds. The molecule has 6 heterocycles. The van der Waals surface area contributed by atoms with Crippen molar-refractivity contribution in [1.82, 2.24) is 20.1 Å². The molecule has 444 valence electrons. The van der Waals surface area contributed by atoms with Gasteiger partial charge in [0.2, 0.25) is 22.9 Å². The Labute approximate surface area is 477 Å². The number of anilines is 1. The minimum atomic E-state index is -2.19. The summed E-state index contributed by atoms with van der Waals surface area (Å²) in [6.45, 7) is 12.5. The zero-order valence-electron chi connectivity index (χ0n) is 47.9. The zero-order chi connectivity index (χ0) is 60.4. The molecule has 2 saturated heterocycles. The minimum Gasteiger partial charge on any atom is -0.507 e. The Morgan fingerprint density at radius 1 is 0.880 bits per heavy atom. The number of phenols is 1. The van der Waals surface area contributed by atoms with Crippen LogP contribution in [0.1, 0.15) is 127 Å². The molecule has 0 spiro atoms. The van der Waals surface area contributed by atoms with E-state index in [-0.39, 0.29) is 101 Å². The molecule has 5 aliphatic heterocycles. The Balaban J connectivity index is 0.997. The van der Waals surface area contributed by atoms with Gasteiger partial charge in [-0.25, -0.2) is 9.18 Å². The number of methoxy groups -OCH3 is 2. The van der Waals surface area contributed by atoms with Crippen LogP contribution in [0.25, 0.3) is 10.9 Å². The molecule has 83 heavy (non-hydrogen) atoms. The number of aromatic carboxylic acids is 1. The zero-order valence-corrected chi connectivity index (χ0v) is 47.9. The molecule has 23 heteroatoms. The fourth-order valence-electron chi connectivity index (χ4n) is 12.1. The molecule has 10 rings (SSSR count). The number of halogens is 1. The van der Waals surface area contributed by atoms with Crippen molar-refractivity contribution in [1.29, 1.82) is 0 Å². The Kier molecular flexibility index (Phi) is 16.6. The molecule has 2 aliphatic carbocycles. The molecule has 3 fully saturated rings. The summed E-state index contributed by atoms with van der Waals surface area (Å²) in [7, 11) is 2.74. The number of phenolic OH excluding ortho intramolecular Hbond substituents is 1. The summed E-state index contributed by atoms with van der Waals surface area (Å²) in [5, 5.41) is 50.2. The standard InChI is InChI=1S/C60H70FN5O17/c1-26-12-11-13-27(2)57(75)63-43-46(64-19-16-33(17-20-64)58(76)62-34-23-65(24-34)45-38(61)22-36-44(55(45)80-10)66(35-14-15-35)25-37(50(36)71)59(77)78)52(73)40-41(51(43)72)49(70)31(6)54-42(40)56(74)60(8,83-54)81-21-18-39(79-9)28(3)53(82-32(7)67)30(5)48(69)29(4)47(26)68/h11-13,18,21-22,25-26,28-30,33-35,39,47-48,53,68-70H,14-17,19-20,23-24H2,1-10H3,(H,62,76)(H,63,75)(H,77,78)/b12-11+,21-18+,27-13-/t26-,28+,29+,30+,39-,47-,48+,53+,60-/m0/s1. The second-order valence-corrected chi connectivity index (χ2v) is 22.8. The number of aromatic nitrogens is 1. The quantitative estimate of drug-likeness (QED) is 0.151. The highest BCUT2D eigenvalue weighted by Gasteiger charge is 2.54. The number of esters is 1. The van der Waals surface area contributed by atoms with Gasteiger partial charge in [0.25, 0.3) is 11.7 Å². The van der Waals surface area contributed by atoms with Gasteiger partial charge in [0, 0.05) is 100 Å². The van der Waals surface area contributed by atoms with E-state index in [1.54, 1.807) is 48.1 Å². The van der Waals surface area contributed by atoms with Gasteiger partial charge in [-0.15, -0.1) is 0 Å². The number of aromatic hydroxyl groups is 1. The monoisotopic (exact) mass is 1150 g/mol. The molecule has 9 atom stereocenters. The van der Waals surface area contributed by atoms with Crippen LogP contribution in [-0.4, -0.2) is 148 Å². The van der Waals surface area contributed by atoms with E-state index >= 15 is 9.18 Å². The van der Waals surface area contributed by atoms with Crippen LogP contribution in [-0.2, 0) is 28.6 Å². The van der Waals surface area contributed by atoms with Gasteiger partial charge in [-0.3, -0.25) is 33.6 Å². The van der Waals surface area contributed by atoms with Crippen molar-refractivity contribution in [3.8, 4) is 17.2 Å². The van der Waals surface area contributed by atoms with Gasteiger partial charge in [-0.2, -0.15) is 0 Å². The van der Waals surface area contributed by atoms with Crippen LogP contribution in [0.2, 0.25) is 0 Å². The number of amides is 2. The summed E-state index contributed by atoms with van der Waals surface area (Å²) in [5.41, 5.74) is -3.18. The largest absolute Gasteiger partial charge is 0.507 e. The van der Waals surface area contributed by atoms with Crippen LogP contribution in [0.3, 0.4) is 0 Å². The summed E-state index contributed by atoms with van der Waals surface area (Å²) >= 11 is 0. The van der Waals surface area contributed by atoms with E-state index in [2.05, 4.69) is 10.6 Å². The molecule has 0 unspecified atom stereocenters. The van der Waals surface area contributed by atoms with E-state index in [0.717, 1.165) is 25.2 Å². The summed E-state index contributed by atoms with van der Waals surface area (Å²) in [5.74, 6) is -13.2. The molecule has 5 bridgehead atoms. The fourth-order valence-corrected chi connectivity index (χ4v) is 12.1. The van der Waals surface area contributed by atoms with E-state index in [1.165, 1.54) is 66.3 Å². The molecule has 1 aromatic heterocycles. The van der Waals surface area contributed by atoms with Gasteiger partial charge in [-0.05, 0) is 51.7 Å². The molecular formula is C60H70FN5O17. The maximum Gasteiger partial charge on any atom is 0.341 e. The van der Waals surface area contributed by atoms with Crippen LogP contribution in [0.15, 0.2) is 64.6 Å². The fraction of sp³-hybridized carbons (Fsp3) is 0.500. The lowest BCUT2D eigenvalue weighted by Gasteiger charge is -2.43. The molecule has 3 aromatic rings. The number of fused-ring (bicyclic) bond motifs is 15. The molecule has 7 aliphatic rings. The first kappa shape index (κ1) is 59.7. The number of aliphatic hydroxyl groups excluding tert-OH is 2. The smallest absolute Gasteiger partial charge is 0.341 e. The number of carboxylic acid groups (broad SMARTS) is 1. The van der Waals surface area contributed by atoms with Gasteiger partial charge < -0.3 is 69.1 Å². The third-order valence-corrected chi connectivity index (χ3v) is 17.2. The van der Waals surface area contributed by atoms with Crippen molar-refractivity contribution in [2.24, 2.45) is 29.6 Å². The second-order valence-electron chi connectivity index (χ2n) is 22.8. The summed E-state index contributed by atoms with van der Waals surface area (Å²) in [4.78, 5) is 114. The number of piperidine rings is 1. The maximum atomic E-state index is 16.0. The number of benzene rings is 2. The van der Waals surface area contributed by atoms with E-state index < -0.39 is 140 Å². The third kappa shape index (κ3) is 10.8. The lowest BCUT2D eigenvalue weighted by atomic mass is 9.78. The van der Waals surface area contributed by atoms with Crippen LogP contribution < -0.4 is 30.4 Å². The van der Waals surface area contributed by atoms with Gasteiger partial charge in [-0.1, -0.05) is 45.9 Å². The van der Waals surface area contributed by atoms with E-state index in [0.29, 0.717) is 0 Å². The van der Waals surface area contributed by atoms with Gasteiger partial charge in [0.1, 0.15) is 40.2 Å². The number of Topliss-reactive ketones (excluding diaryl/α,β-unsaturated/α-hetero) is 3. The lowest BCUT2D eigenvalue weighted by molar-refractivity contribution is -0.160. The number of aliphatic hydroxyl groups is 2. The van der Waals surface area contributed by atoms with E-state index in [4.69, 9.17) is 23.7 Å².